The number of carbonyl (C=O) groups is 1. The monoisotopic (exact) mass is 495 g/mol. The molecule has 1 aliphatic rings. The van der Waals surface area contributed by atoms with E-state index in [9.17, 15) is 4.79 Å². The van der Waals surface area contributed by atoms with Gasteiger partial charge in [0.1, 0.15) is 34.8 Å². The maximum atomic E-state index is 12.6. The Labute approximate surface area is 200 Å². The summed E-state index contributed by atoms with van der Waals surface area (Å²) in [5.41, 5.74) is 0.584. The first kappa shape index (κ1) is 23.5. The Kier molecular flexibility index (Phi) is 8.26. The van der Waals surface area contributed by atoms with Crippen molar-refractivity contribution in [3.8, 4) is 17.2 Å². The number of methoxy groups -OCH3 is 1. The molecule has 0 saturated carbocycles. The molecule has 1 amide bonds. The first-order valence-electron chi connectivity index (χ1n) is 9.18. The molecule has 1 saturated heterocycles. The fourth-order valence-electron chi connectivity index (χ4n) is 2.74. The zero-order valence-electron chi connectivity index (χ0n) is 16.6. The molecule has 0 aliphatic carbocycles. The maximum Gasteiger partial charge on any atom is 0.266 e. The number of rotatable bonds is 9. The highest BCUT2D eigenvalue weighted by Crippen LogP contribution is 2.38. The van der Waals surface area contributed by atoms with Gasteiger partial charge in [-0.2, -0.15) is 0 Å². The molecule has 0 radical (unpaired) electrons. The predicted octanol–water partition coefficient (Wildman–Crippen LogP) is 5.85. The van der Waals surface area contributed by atoms with Crippen LogP contribution >= 0.6 is 47.2 Å². The van der Waals surface area contributed by atoms with Crippen LogP contribution in [0.2, 0.25) is 10.0 Å². The van der Waals surface area contributed by atoms with Gasteiger partial charge in [-0.1, -0.05) is 53.3 Å². The van der Waals surface area contributed by atoms with Crippen LogP contribution in [0.15, 0.2) is 54.0 Å². The average Bonchev–Trinajstić information content (AvgIpc) is 3.00. The van der Waals surface area contributed by atoms with Crippen LogP contribution in [0.5, 0.6) is 17.2 Å². The Morgan fingerprint density at radius 1 is 1.13 bits per heavy atom. The number of benzene rings is 2. The molecule has 5 nitrogen and oxygen atoms in total. The van der Waals surface area contributed by atoms with E-state index < -0.39 is 0 Å². The van der Waals surface area contributed by atoms with E-state index in [1.165, 1.54) is 16.7 Å². The van der Waals surface area contributed by atoms with Crippen LogP contribution in [0.1, 0.15) is 5.56 Å². The lowest BCUT2D eigenvalue weighted by molar-refractivity contribution is -0.121. The van der Waals surface area contributed by atoms with Crippen LogP contribution in [0, 0.1) is 0 Å². The van der Waals surface area contributed by atoms with Crippen LogP contribution in [0.25, 0.3) is 6.08 Å². The lowest BCUT2D eigenvalue weighted by atomic mass is 10.1. The summed E-state index contributed by atoms with van der Waals surface area (Å²) in [7, 11) is 1.61. The molecule has 0 aromatic heterocycles. The Hall–Kier alpha value is -2.19. The summed E-state index contributed by atoms with van der Waals surface area (Å²) in [5, 5.41) is 0.768. The molecule has 1 aliphatic heterocycles. The van der Waals surface area contributed by atoms with E-state index in [-0.39, 0.29) is 12.5 Å². The van der Waals surface area contributed by atoms with Gasteiger partial charge in [0.2, 0.25) is 0 Å². The van der Waals surface area contributed by atoms with E-state index in [0.717, 1.165) is 5.75 Å². The number of thioether (sulfide) groups is 1. The normalized spacial score (nSPS) is 14.8. The van der Waals surface area contributed by atoms with Crippen LogP contribution < -0.4 is 14.2 Å². The van der Waals surface area contributed by atoms with Crippen LogP contribution in [0.4, 0.5) is 0 Å². The molecule has 162 valence electrons. The highest BCUT2D eigenvalue weighted by atomic mass is 35.5. The fourth-order valence-corrected chi connectivity index (χ4v) is 4.57. The zero-order chi connectivity index (χ0) is 22.4. The molecule has 9 heteroatoms. The third kappa shape index (κ3) is 5.95. The molecule has 0 spiro atoms. The van der Waals surface area contributed by atoms with Gasteiger partial charge in [-0.05, 0) is 42.5 Å². The topological polar surface area (TPSA) is 48.0 Å². The van der Waals surface area contributed by atoms with Crippen LogP contribution in [-0.4, -0.2) is 42.0 Å². The number of ether oxygens (including phenoxy) is 3. The van der Waals surface area contributed by atoms with Crippen molar-refractivity contribution in [3.05, 3.63) is 69.6 Å². The Morgan fingerprint density at radius 2 is 1.81 bits per heavy atom. The summed E-state index contributed by atoms with van der Waals surface area (Å²) < 4.78 is 17.1. The maximum absolute atomic E-state index is 12.6. The highest BCUT2D eigenvalue weighted by Gasteiger charge is 2.31. The van der Waals surface area contributed by atoms with Gasteiger partial charge in [0.25, 0.3) is 5.91 Å². The number of hydrogen-bond acceptors (Lipinski definition) is 6. The second-order valence-electron chi connectivity index (χ2n) is 6.26. The van der Waals surface area contributed by atoms with Crippen molar-refractivity contribution in [2.75, 3.05) is 26.9 Å². The molecule has 0 unspecified atom stereocenters. The molecule has 31 heavy (non-hydrogen) atoms. The standard InChI is InChI=1S/C22H19Cl2NO4S2/c1-3-8-25-21(26)19(31-22(25)30)12-14-11-15(23)13-18(24)20(14)29-10-9-28-17-6-4-16(27-2)5-7-17/h3-7,11-13H,1,8-10H2,2H3/b19-12-. The van der Waals surface area contributed by atoms with E-state index in [0.29, 0.717) is 49.5 Å². The molecule has 2 aromatic carbocycles. The summed E-state index contributed by atoms with van der Waals surface area (Å²) >= 11 is 19.0. The van der Waals surface area contributed by atoms with Crippen molar-refractivity contribution in [2.45, 2.75) is 0 Å². The van der Waals surface area contributed by atoms with Crippen molar-refractivity contribution in [3.63, 3.8) is 0 Å². The zero-order valence-corrected chi connectivity index (χ0v) is 19.7. The second-order valence-corrected chi connectivity index (χ2v) is 8.78. The molecule has 2 aromatic rings. The smallest absolute Gasteiger partial charge is 0.266 e. The highest BCUT2D eigenvalue weighted by molar-refractivity contribution is 8.26. The molecule has 3 rings (SSSR count). The summed E-state index contributed by atoms with van der Waals surface area (Å²) in [5.74, 6) is 1.66. The Balaban J connectivity index is 1.72. The van der Waals surface area contributed by atoms with E-state index in [2.05, 4.69) is 6.58 Å². The van der Waals surface area contributed by atoms with Gasteiger partial charge in [-0.25, -0.2) is 0 Å². The van der Waals surface area contributed by atoms with Crippen LogP contribution in [-0.2, 0) is 4.79 Å². The van der Waals surface area contributed by atoms with Gasteiger partial charge >= 0.3 is 0 Å². The number of thiocarbonyl (C=S) groups is 1. The Bertz CT molecular complexity index is 1020. The molecule has 1 heterocycles. The average molecular weight is 496 g/mol. The van der Waals surface area contributed by atoms with Crippen LogP contribution in [0.3, 0.4) is 0 Å². The lowest BCUT2D eigenvalue weighted by Crippen LogP contribution is -2.27. The molecule has 0 bridgehead atoms. The number of hydrogen-bond donors (Lipinski definition) is 0. The predicted molar refractivity (Wildman–Crippen MR) is 131 cm³/mol. The van der Waals surface area contributed by atoms with E-state index in [4.69, 9.17) is 49.6 Å². The number of halogens is 2. The molecule has 1 fully saturated rings. The summed E-state index contributed by atoms with van der Waals surface area (Å²) in [6, 6.07) is 10.5. The Morgan fingerprint density at radius 3 is 2.48 bits per heavy atom. The first-order chi connectivity index (χ1) is 14.9. The van der Waals surface area contributed by atoms with E-state index in [1.807, 2.05) is 24.3 Å². The van der Waals surface area contributed by atoms with Gasteiger partial charge in [0.15, 0.2) is 0 Å². The minimum atomic E-state index is -0.195. The first-order valence-corrected chi connectivity index (χ1v) is 11.2. The largest absolute Gasteiger partial charge is 0.497 e. The molecular weight excluding hydrogens is 477 g/mol. The molecule has 0 N–H and O–H groups in total. The SMILES string of the molecule is C=CCN1C(=O)/C(=C/c2cc(Cl)cc(Cl)c2OCCOc2ccc(OC)cc2)SC1=S. The van der Waals surface area contributed by atoms with E-state index in [1.54, 1.807) is 31.4 Å². The van der Waals surface area contributed by atoms with Crippen molar-refractivity contribution in [1.29, 1.82) is 0 Å². The number of amides is 1. The van der Waals surface area contributed by atoms with Crippen molar-refractivity contribution in [2.24, 2.45) is 0 Å². The van der Waals surface area contributed by atoms with Gasteiger partial charge in [-0.15, -0.1) is 6.58 Å². The summed E-state index contributed by atoms with van der Waals surface area (Å²) in [4.78, 5) is 14.6. The summed E-state index contributed by atoms with van der Waals surface area (Å²) in [6.45, 7) is 4.55. The third-order valence-corrected chi connectivity index (χ3v) is 6.04. The van der Waals surface area contributed by atoms with Crippen molar-refractivity contribution < 1.29 is 19.0 Å². The summed E-state index contributed by atoms with van der Waals surface area (Å²) in [6.07, 6.45) is 3.31. The van der Waals surface area contributed by atoms with Gasteiger partial charge in [0.05, 0.1) is 17.0 Å². The molecular formula is C22H19Cl2NO4S2. The number of carbonyl (C=O) groups excluding carboxylic acids is 1. The lowest BCUT2D eigenvalue weighted by Gasteiger charge is -2.13. The number of nitrogens with zero attached hydrogens (tertiary/aromatic N) is 1. The quantitative estimate of drug-likeness (QED) is 0.188. The fraction of sp³-hybridized carbons (Fsp3) is 0.182. The van der Waals surface area contributed by atoms with E-state index >= 15 is 0 Å². The minimum absolute atomic E-state index is 0.195. The second kappa shape index (κ2) is 10.9. The molecule has 0 atom stereocenters. The van der Waals surface area contributed by atoms with Crippen molar-refractivity contribution >= 4 is 63.5 Å². The van der Waals surface area contributed by atoms with Gasteiger partial charge < -0.3 is 14.2 Å². The minimum Gasteiger partial charge on any atom is -0.497 e. The van der Waals surface area contributed by atoms with Gasteiger partial charge in [-0.3, -0.25) is 9.69 Å². The van der Waals surface area contributed by atoms with Crippen molar-refractivity contribution in [1.82, 2.24) is 4.90 Å². The third-order valence-electron chi connectivity index (χ3n) is 4.17. The van der Waals surface area contributed by atoms with Gasteiger partial charge in [0, 0.05) is 17.1 Å².